The van der Waals surface area contributed by atoms with Crippen LogP contribution in [0.5, 0.6) is 0 Å². The fourth-order valence-corrected chi connectivity index (χ4v) is 1.99. The predicted octanol–water partition coefficient (Wildman–Crippen LogP) is 0.162. The highest BCUT2D eigenvalue weighted by atomic mass is 16.5. The van der Waals surface area contributed by atoms with E-state index < -0.39 is 11.5 Å². The highest BCUT2D eigenvalue weighted by Gasteiger charge is 2.34. The molecule has 0 spiro atoms. The van der Waals surface area contributed by atoms with Crippen LogP contribution in [0.2, 0.25) is 0 Å². The van der Waals surface area contributed by atoms with Crippen molar-refractivity contribution in [2.45, 2.75) is 25.8 Å². The lowest BCUT2D eigenvalue weighted by atomic mass is 10.0. The zero-order valence-electron chi connectivity index (χ0n) is 10.2. The summed E-state index contributed by atoms with van der Waals surface area (Å²) in [5, 5.41) is 12.3. The number of rotatable bonds is 5. The molecule has 1 atom stereocenters. The zero-order chi connectivity index (χ0) is 12.0. The Labute approximate surface area is 96.8 Å². The van der Waals surface area contributed by atoms with E-state index in [-0.39, 0.29) is 0 Å². The van der Waals surface area contributed by atoms with Gasteiger partial charge < -0.3 is 15.2 Å². The van der Waals surface area contributed by atoms with Gasteiger partial charge in [0.25, 0.3) is 0 Å². The molecule has 0 bridgehead atoms. The minimum Gasteiger partial charge on any atom is -0.480 e. The molecule has 0 aromatic carbocycles. The van der Waals surface area contributed by atoms with Gasteiger partial charge in [-0.3, -0.25) is 9.69 Å². The first-order valence-corrected chi connectivity index (χ1v) is 5.87. The third kappa shape index (κ3) is 3.73. The van der Waals surface area contributed by atoms with Crippen LogP contribution in [0.4, 0.5) is 0 Å². The fourth-order valence-electron chi connectivity index (χ4n) is 1.99. The Kier molecular flexibility index (Phi) is 5.18. The second-order valence-corrected chi connectivity index (χ2v) is 4.41. The van der Waals surface area contributed by atoms with Crippen molar-refractivity contribution in [2.75, 3.05) is 39.4 Å². The van der Waals surface area contributed by atoms with Crippen molar-refractivity contribution in [2.24, 2.45) is 0 Å². The second kappa shape index (κ2) is 6.18. The monoisotopic (exact) mass is 230 g/mol. The van der Waals surface area contributed by atoms with Gasteiger partial charge >= 0.3 is 5.97 Å². The molecule has 1 unspecified atom stereocenters. The molecule has 1 rings (SSSR count). The maximum Gasteiger partial charge on any atom is 0.324 e. The van der Waals surface area contributed by atoms with E-state index in [4.69, 9.17) is 4.74 Å². The van der Waals surface area contributed by atoms with Gasteiger partial charge in [0.05, 0.1) is 6.61 Å². The molecule has 1 heterocycles. The van der Waals surface area contributed by atoms with Crippen LogP contribution in [0.1, 0.15) is 20.3 Å². The average Bonchev–Trinajstić information content (AvgIpc) is 2.46. The van der Waals surface area contributed by atoms with Gasteiger partial charge in [0, 0.05) is 26.2 Å². The number of nitrogens with zero attached hydrogens (tertiary/aromatic N) is 1. The van der Waals surface area contributed by atoms with Gasteiger partial charge in [0.2, 0.25) is 0 Å². The van der Waals surface area contributed by atoms with Gasteiger partial charge in [-0.25, -0.2) is 0 Å². The number of aliphatic carboxylic acids is 1. The number of nitrogens with one attached hydrogen (secondary N) is 1. The molecule has 1 aliphatic rings. The van der Waals surface area contributed by atoms with E-state index in [0.29, 0.717) is 19.7 Å². The van der Waals surface area contributed by atoms with Crippen LogP contribution in [0.25, 0.3) is 0 Å². The number of hydrogen-bond donors (Lipinski definition) is 2. The van der Waals surface area contributed by atoms with E-state index >= 15 is 0 Å². The topological polar surface area (TPSA) is 61.8 Å². The van der Waals surface area contributed by atoms with Crippen molar-refractivity contribution in [3.8, 4) is 0 Å². The molecule has 1 fully saturated rings. The molecule has 1 aliphatic heterocycles. The Bertz CT molecular complexity index is 227. The van der Waals surface area contributed by atoms with Gasteiger partial charge in [-0.2, -0.15) is 0 Å². The van der Waals surface area contributed by atoms with Gasteiger partial charge in [-0.15, -0.1) is 0 Å². The van der Waals surface area contributed by atoms with Gasteiger partial charge in [-0.05, 0) is 19.9 Å². The normalized spacial score (nSPS) is 22.4. The fraction of sp³-hybridized carbons (Fsp3) is 0.909. The predicted molar refractivity (Wildman–Crippen MR) is 61.6 cm³/mol. The lowest BCUT2D eigenvalue weighted by Gasteiger charge is -2.32. The number of likely N-dealkylation sites (N-methyl/N-ethyl adjacent to an activating group) is 1. The molecule has 94 valence electrons. The van der Waals surface area contributed by atoms with Crippen LogP contribution in [0, 0.1) is 0 Å². The molecule has 5 heteroatoms. The molecule has 0 aromatic rings. The Morgan fingerprint density at radius 3 is 2.88 bits per heavy atom. The van der Waals surface area contributed by atoms with Crippen LogP contribution < -0.4 is 5.32 Å². The minimum atomic E-state index is -0.862. The molecule has 0 aliphatic carbocycles. The van der Waals surface area contributed by atoms with E-state index in [0.717, 1.165) is 26.1 Å². The molecule has 0 radical (unpaired) electrons. The molecule has 5 nitrogen and oxygen atoms in total. The summed E-state index contributed by atoms with van der Waals surface area (Å²) >= 11 is 0. The Morgan fingerprint density at radius 1 is 1.50 bits per heavy atom. The first-order chi connectivity index (χ1) is 7.58. The molecule has 2 N–H and O–H groups in total. The van der Waals surface area contributed by atoms with Gasteiger partial charge in [0.1, 0.15) is 5.54 Å². The summed E-state index contributed by atoms with van der Waals surface area (Å²) in [6, 6.07) is 0. The van der Waals surface area contributed by atoms with Crippen molar-refractivity contribution >= 4 is 5.97 Å². The van der Waals surface area contributed by atoms with Crippen molar-refractivity contribution in [3.63, 3.8) is 0 Å². The summed E-state index contributed by atoms with van der Waals surface area (Å²) < 4.78 is 5.35. The first kappa shape index (κ1) is 13.4. The van der Waals surface area contributed by atoms with Crippen molar-refractivity contribution in [1.82, 2.24) is 10.2 Å². The van der Waals surface area contributed by atoms with Crippen molar-refractivity contribution < 1.29 is 14.6 Å². The molecule has 0 aromatic heterocycles. The summed E-state index contributed by atoms with van der Waals surface area (Å²) in [6.45, 7) is 8.05. The Balaban J connectivity index is 2.55. The SMILES string of the molecule is CCNC(C)(CN1CCCOCC1)C(=O)O. The zero-order valence-corrected chi connectivity index (χ0v) is 10.2. The van der Waals surface area contributed by atoms with E-state index in [1.165, 1.54) is 0 Å². The molecule has 1 saturated heterocycles. The maximum atomic E-state index is 11.3. The van der Waals surface area contributed by atoms with Gasteiger partial charge in [-0.1, -0.05) is 6.92 Å². The third-order valence-electron chi connectivity index (χ3n) is 2.89. The number of hydrogen-bond acceptors (Lipinski definition) is 4. The lowest BCUT2D eigenvalue weighted by molar-refractivity contribution is -0.145. The number of carboxylic acids is 1. The number of ether oxygens (including phenoxy) is 1. The Morgan fingerprint density at radius 2 is 2.25 bits per heavy atom. The molecule has 0 saturated carbocycles. The number of carboxylic acid groups (broad SMARTS) is 1. The minimum absolute atomic E-state index is 0.527. The standard InChI is InChI=1S/C11H22N2O3/c1-3-12-11(2,10(14)15)9-13-5-4-7-16-8-6-13/h12H,3-9H2,1-2H3,(H,14,15). The second-order valence-electron chi connectivity index (χ2n) is 4.41. The molecule has 0 amide bonds. The van der Waals surface area contributed by atoms with E-state index in [1.54, 1.807) is 6.92 Å². The Hall–Kier alpha value is -0.650. The van der Waals surface area contributed by atoms with Crippen LogP contribution in [0.3, 0.4) is 0 Å². The molecular weight excluding hydrogens is 208 g/mol. The number of carbonyl (C=O) groups is 1. The van der Waals surface area contributed by atoms with Crippen LogP contribution in [0.15, 0.2) is 0 Å². The highest BCUT2D eigenvalue weighted by Crippen LogP contribution is 2.09. The van der Waals surface area contributed by atoms with E-state index in [2.05, 4.69) is 10.2 Å². The largest absolute Gasteiger partial charge is 0.480 e. The van der Waals surface area contributed by atoms with E-state index in [1.807, 2.05) is 6.92 Å². The highest BCUT2D eigenvalue weighted by molar-refractivity contribution is 5.78. The van der Waals surface area contributed by atoms with Crippen LogP contribution >= 0.6 is 0 Å². The van der Waals surface area contributed by atoms with Crippen LogP contribution in [-0.2, 0) is 9.53 Å². The van der Waals surface area contributed by atoms with Crippen LogP contribution in [-0.4, -0.2) is 60.9 Å². The van der Waals surface area contributed by atoms with E-state index in [9.17, 15) is 9.90 Å². The molecule has 16 heavy (non-hydrogen) atoms. The smallest absolute Gasteiger partial charge is 0.324 e. The quantitative estimate of drug-likeness (QED) is 0.704. The summed E-state index contributed by atoms with van der Waals surface area (Å²) in [6.07, 6.45) is 0.974. The van der Waals surface area contributed by atoms with Gasteiger partial charge in [0.15, 0.2) is 0 Å². The average molecular weight is 230 g/mol. The molecular formula is C11H22N2O3. The first-order valence-electron chi connectivity index (χ1n) is 5.87. The summed E-state index contributed by atoms with van der Waals surface area (Å²) in [5.41, 5.74) is -0.862. The lowest BCUT2D eigenvalue weighted by Crippen LogP contribution is -2.57. The maximum absolute atomic E-state index is 11.3. The third-order valence-corrected chi connectivity index (χ3v) is 2.89. The summed E-state index contributed by atoms with van der Waals surface area (Å²) in [4.78, 5) is 13.4. The summed E-state index contributed by atoms with van der Waals surface area (Å²) in [7, 11) is 0. The summed E-state index contributed by atoms with van der Waals surface area (Å²) in [5.74, 6) is -0.792. The van der Waals surface area contributed by atoms with Crippen molar-refractivity contribution in [3.05, 3.63) is 0 Å². The van der Waals surface area contributed by atoms with Crippen molar-refractivity contribution in [1.29, 1.82) is 0 Å².